The summed E-state index contributed by atoms with van der Waals surface area (Å²) in [6, 6.07) is 11.2. The molecule has 6 nitrogen and oxygen atoms in total. The maximum atomic E-state index is 12.6. The van der Waals surface area contributed by atoms with Gasteiger partial charge in [-0.3, -0.25) is 4.79 Å². The van der Waals surface area contributed by atoms with Crippen LogP contribution in [0.2, 0.25) is 0 Å². The molecule has 0 unspecified atom stereocenters. The van der Waals surface area contributed by atoms with Gasteiger partial charge in [0.25, 0.3) is 5.91 Å². The molecular formula is C17H12N4O2S2. The number of hydrogen-bond donors (Lipinski definition) is 1. The number of nitrogens with zero attached hydrogens (tertiary/aromatic N) is 3. The molecule has 0 radical (unpaired) electrons. The molecule has 0 saturated heterocycles. The van der Waals surface area contributed by atoms with E-state index in [0.717, 1.165) is 21.1 Å². The van der Waals surface area contributed by atoms with Crippen molar-refractivity contribution in [3.05, 3.63) is 58.7 Å². The Balaban J connectivity index is 1.58. The molecule has 0 spiro atoms. The smallest absolute Gasteiger partial charge is 0.267 e. The highest BCUT2D eigenvalue weighted by molar-refractivity contribution is 7.22. The van der Waals surface area contributed by atoms with Crippen molar-refractivity contribution >= 4 is 34.3 Å². The Kier molecular flexibility index (Phi) is 4.12. The molecule has 0 saturated carbocycles. The summed E-state index contributed by atoms with van der Waals surface area (Å²) in [4.78, 5) is 18.8. The van der Waals surface area contributed by atoms with Crippen LogP contribution in [0.1, 0.15) is 15.4 Å². The van der Waals surface area contributed by atoms with Crippen molar-refractivity contribution in [2.75, 3.05) is 5.32 Å². The number of benzene rings is 1. The van der Waals surface area contributed by atoms with Crippen LogP contribution in [-0.2, 0) is 0 Å². The van der Waals surface area contributed by atoms with Crippen LogP contribution in [0.5, 0.6) is 0 Å². The molecule has 0 aliphatic rings. The molecule has 0 bridgehead atoms. The molecule has 0 atom stereocenters. The Hall–Kier alpha value is -2.84. The van der Waals surface area contributed by atoms with Gasteiger partial charge in [-0.05, 0) is 36.6 Å². The lowest BCUT2D eigenvalue weighted by molar-refractivity contribution is 0.103. The van der Waals surface area contributed by atoms with Gasteiger partial charge in [0.1, 0.15) is 9.88 Å². The second kappa shape index (κ2) is 6.58. The predicted octanol–water partition coefficient (Wildman–Crippen LogP) is 4.48. The first-order chi connectivity index (χ1) is 12.2. The van der Waals surface area contributed by atoms with Gasteiger partial charge in [-0.15, -0.1) is 32.9 Å². The molecule has 0 aliphatic carbocycles. The number of hydrogen-bond acceptors (Lipinski definition) is 7. The van der Waals surface area contributed by atoms with E-state index in [4.69, 9.17) is 4.42 Å². The van der Waals surface area contributed by atoms with Crippen LogP contribution in [0.4, 0.5) is 5.69 Å². The number of aryl methyl sites for hydroxylation is 1. The maximum Gasteiger partial charge on any atom is 0.267 e. The number of anilines is 1. The Bertz CT molecular complexity index is 1010. The van der Waals surface area contributed by atoms with E-state index in [-0.39, 0.29) is 5.91 Å². The summed E-state index contributed by atoms with van der Waals surface area (Å²) in [6.07, 6.45) is 1.27. The third-order valence-electron chi connectivity index (χ3n) is 3.46. The molecule has 0 fully saturated rings. The van der Waals surface area contributed by atoms with Gasteiger partial charge >= 0.3 is 0 Å². The third-order valence-corrected chi connectivity index (χ3v) is 5.66. The zero-order valence-corrected chi connectivity index (χ0v) is 14.7. The highest BCUT2D eigenvalue weighted by atomic mass is 32.1. The van der Waals surface area contributed by atoms with Crippen LogP contribution in [0.25, 0.3) is 21.3 Å². The van der Waals surface area contributed by atoms with Crippen LogP contribution < -0.4 is 5.32 Å². The molecule has 4 rings (SSSR count). The summed E-state index contributed by atoms with van der Waals surface area (Å²) in [7, 11) is 0. The summed E-state index contributed by atoms with van der Waals surface area (Å²) >= 11 is 3.00. The topological polar surface area (TPSA) is 80.9 Å². The van der Waals surface area contributed by atoms with E-state index in [2.05, 4.69) is 20.5 Å². The second-order valence-electron chi connectivity index (χ2n) is 5.19. The summed E-state index contributed by atoms with van der Waals surface area (Å²) in [5.74, 6) is 0.227. The number of nitrogens with one attached hydrogen (secondary N) is 1. The summed E-state index contributed by atoms with van der Waals surface area (Å²) in [5.41, 5.74) is 2.13. The van der Waals surface area contributed by atoms with Gasteiger partial charge in [0.05, 0.1) is 10.6 Å². The van der Waals surface area contributed by atoms with Gasteiger partial charge in [0, 0.05) is 11.3 Å². The largest absolute Gasteiger partial charge is 0.423 e. The van der Waals surface area contributed by atoms with Crippen LogP contribution >= 0.6 is 22.7 Å². The monoisotopic (exact) mass is 368 g/mol. The Morgan fingerprint density at radius 2 is 2.16 bits per heavy atom. The number of aromatic nitrogens is 3. The maximum absolute atomic E-state index is 12.6. The SMILES string of the molecule is Cc1nc(-c2cccs2)sc1C(=O)Nc1cccc(-c2nnco2)c1. The van der Waals surface area contributed by atoms with E-state index in [1.165, 1.54) is 17.7 Å². The first-order valence-electron chi connectivity index (χ1n) is 7.40. The van der Waals surface area contributed by atoms with Gasteiger partial charge in [0.2, 0.25) is 12.3 Å². The van der Waals surface area contributed by atoms with Crippen LogP contribution in [0.3, 0.4) is 0 Å². The molecular weight excluding hydrogens is 356 g/mol. The van der Waals surface area contributed by atoms with Gasteiger partial charge < -0.3 is 9.73 Å². The van der Waals surface area contributed by atoms with Gasteiger partial charge in [0.15, 0.2) is 0 Å². The van der Waals surface area contributed by atoms with E-state index in [9.17, 15) is 4.79 Å². The molecule has 3 aromatic heterocycles. The van der Waals surface area contributed by atoms with Crippen molar-refractivity contribution in [3.8, 4) is 21.3 Å². The fraction of sp³-hybridized carbons (Fsp3) is 0.0588. The van der Waals surface area contributed by atoms with Crippen molar-refractivity contribution in [1.82, 2.24) is 15.2 Å². The first kappa shape index (κ1) is 15.7. The highest BCUT2D eigenvalue weighted by Gasteiger charge is 2.17. The normalized spacial score (nSPS) is 10.8. The number of thiazole rings is 1. The highest BCUT2D eigenvalue weighted by Crippen LogP contribution is 2.31. The molecule has 4 aromatic rings. The van der Waals surface area contributed by atoms with E-state index in [0.29, 0.717) is 16.5 Å². The molecule has 124 valence electrons. The second-order valence-corrected chi connectivity index (χ2v) is 7.14. The third kappa shape index (κ3) is 3.21. The quantitative estimate of drug-likeness (QED) is 0.574. The fourth-order valence-corrected chi connectivity index (χ4v) is 4.09. The predicted molar refractivity (Wildman–Crippen MR) is 97.9 cm³/mol. The number of rotatable bonds is 4. The fourth-order valence-electron chi connectivity index (χ4n) is 2.33. The minimum atomic E-state index is -0.180. The average Bonchev–Trinajstić information content (AvgIpc) is 3.36. The molecule has 0 aliphatic heterocycles. The minimum Gasteiger partial charge on any atom is -0.423 e. The van der Waals surface area contributed by atoms with Gasteiger partial charge in [-0.25, -0.2) is 4.98 Å². The molecule has 1 aromatic carbocycles. The van der Waals surface area contributed by atoms with Crippen molar-refractivity contribution in [2.45, 2.75) is 6.92 Å². The average molecular weight is 368 g/mol. The molecule has 8 heteroatoms. The van der Waals surface area contributed by atoms with Crippen molar-refractivity contribution in [3.63, 3.8) is 0 Å². The number of thiophene rings is 1. The zero-order chi connectivity index (χ0) is 17.2. The number of carbonyl (C=O) groups is 1. The van der Waals surface area contributed by atoms with Gasteiger partial charge in [-0.2, -0.15) is 0 Å². The van der Waals surface area contributed by atoms with Crippen molar-refractivity contribution in [2.24, 2.45) is 0 Å². The van der Waals surface area contributed by atoms with E-state index in [1.807, 2.05) is 42.6 Å². The Morgan fingerprint density at radius 3 is 2.92 bits per heavy atom. The zero-order valence-electron chi connectivity index (χ0n) is 13.1. The lowest BCUT2D eigenvalue weighted by Gasteiger charge is -2.05. The molecule has 25 heavy (non-hydrogen) atoms. The van der Waals surface area contributed by atoms with Crippen LogP contribution in [0, 0.1) is 6.92 Å². The van der Waals surface area contributed by atoms with Crippen molar-refractivity contribution < 1.29 is 9.21 Å². The summed E-state index contributed by atoms with van der Waals surface area (Å²) in [6.45, 7) is 1.84. The molecule has 3 heterocycles. The van der Waals surface area contributed by atoms with Gasteiger partial charge in [-0.1, -0.05) is 12.1 Å². The molecule has 1 amide bonds. The van der Waals surface area contributed by atoms with E-state index < -0.39 is 0 Å². The lowest BCUT2D eigenvalue weighted by Crippen LogP contribution is -2.11. The van der Waals surface area contributed by atoms with E-state index >= 15 is 0 Å². The standard InChI is InChI=1S/C17H12N4O2S2/c1-10-14(25-17(19-10)13-6-3-7-24-13)15(22)20-12-5-2-4-11(8-12)16-21-18-9-23-16/h2-9H,1H3,(H,20,22). The number of carbonyl (C=O) groups excluding carboxylic acids is 1. The van der Waals surface area contributed by atoms with Crippen LogP contribution in [0.15, 0.2) is 52.6 Å². The Morgan fingerprint density at radius 1 is 1.24 bits per heavy atom. The first-order valence-corrected chi connectivity index (χ1v) is 9.09. The molecule has 1 N–H and O–H groups in total. The summed E-state index contributed by atoms with van der Waals surface area (Å²) in [5, 5.41) is 13.3. The summed E-state index contributed by atoms with van der Waals surface area (Å²) < 4.78 is 5.19. The van der Waals surface area contributed by atoms with E-state index in [1.54, 1.807) is 17.4 Å². The van der Waals surface area contributed by atoms with Crippen LogP contribution in [-0.4, -0.2) is 21.1 Å². The Labute approximate surface area is 151 Å². The lowest BCUT2D eigenvalue weighted by atomic mass is 10.2. The number of amides is 1. The van der Waals surface area contributed by atoms with Crippen molar-refractivity contribution in [1.29, 1.82) is 0 Å². The minimum absolute atomic E-state index is 0.180.